The van der Waals surface area contributed by atoms with Crippen molar-refractivity contribution >= 4 is 23.2 Å². The van der Waals surface area contributed by atoms with Gasteiger partial charge in [-0.25, -0.2) is 0 Å². The first-order valence-electron chi connectivity index (χ1n) is 4.92. The quantitative estimate of drug-likeness (QED) is 0.652. The van der Waals surface area contributed by atoms with Crippen LogP contribution in [-0.4, -0.2) is 0 Å². The van der Waals surface area contributed by atoms with E-state index in [2.05, 4.69) is 6.07 Å². The van der Waals surface area contributed by atoms with E-state index >= 15 is 0 Å². The summed E-state index contributed by atoms with van der Waals surface area (Å²) in [5, 5.41) is 0.740. The first-order chi connectivity index (χ1) is 8.38. The monoisotopic (exact) mass is 289 g/mol. The summed E-state index contributed by atoms with van der Waals surface area (Å²) in [4.78, 5) is 0. The van der Waals surface area contributed by atoms with Gasteiger partial charge in [-0.2, -0.15) is 13.2 Å². The maximum absolute atomic E-state index is 12.6. The van der Waals surface area contributed by atoms with Crippen molar-refractivity contribution in [2.75, 3.05) is 0 Å². The maximum atomic E-state index is 12.6. The number of rotatable bonds is 1. The summed E-state index contributed by atoms with van der Waals surface area (Å²) in [6.07, 6.45) is -4.42. The Bertz CT molecular complexity index is 577. The zero-order valence-electron chi connectivity index (χ0n) is 8.85. The summed E-state index contributed by atoms with van der Waals surface area (Å²) in [5.41, 5.74) is 0.0503. The summed E-state index contributed by atoms with van der Waals surface area (Å²) in [5.74, 6) is 0. The van der Waals surface area contributed by atoms with Gasteiger partial charge in [-0.1, -0.05) is 41.4 Å². The molecule has 0 bridgehead atoms. The van der Waals surface area contributed by atoms with Crippen molar-refractivity contribution in [3.63, 3.8) is 0 Å². The molecule has 0 nitrogen and oxygen atoms in total. The lowest BCUT2D eigenvalue weighted by Crippen LogP contribution is -2.04. The van der Waals surface area contributed by atoms with E-state index in [1.807, 2.05) is 0 Å². The first kappa shape index (κ1) is 13.2. The van der Waals surface area contributed by atoms with Crippen LogP contribution in [0.25, 0.3) is 11.1 Å². The fraction of sp³-hybridized carbons (Fsp3) is 0.0769. The van der Waals surface area contributed by atoms with Gasteiger partial charge in [0.05, 0.1) is 5.56 Å². The minimum atomic E-state index is -4.42. The van der Waals surface area contributed by atoms with Crippen LogP contribution in [0.15, 0.2) is 36.4 Å². The molecule has 2 aromatic rings. The molecule has 0 fully saturated rings. The Morgan fingerprint density at radius 3 is 2.33 bits per heavy atom. The van der Waals surface area contributed by atoms with Crippen LogP contribution in [0.2, 0.25) is 10.0 Å². The molecule has 0 heterocycles. The van der Waals surface area contributed by atoms with Gasteiger partial charge in [0.15, 0.2) is 0 Å². The fourth-order valence-corrected chi connectivity index (χ4v) is 2.04. The summed E-state index contributed by atoms with van der Waals surface area (Å²) < 4.78 is 37.7. The molecule has 0 aliphatic heterocycles. The third-order valence-corrected chi connectivity index (χ3v) is 2.90. The van der Waals surface area contributed by atoms with Crippen molar-refractivity contribution in [1.82, 2.24) is 0 Å². The van der Waals surface area contributed by atoms with Crippen LogP contribution in [0.1, 0.15) is 5.56 Å². The van der Waals surface area contributed by atoms with Gasteiger partial charge in [0.25, 0.3) is 0 Å². The number of halogens is 5. The van der Waals surface area contributed by atoms with E-state index in [0.29, 0.717) is 21.2 Å². The van der Waals surface area contributed by atoms with Crippen molar-refractivity contribution in [3.8, 4) is 11.1 Å². The smallest absolute Gasteiger partial charge is 0.166 e. The van der Waals surface area contributed by atoms with Crippen LogP contribution in [0.4, 0.5) is 13.2 Å². The second kappa shape index (κ2) is 4.82. The van der Waals surface area contributed by atoms with Crippen LogP contribution in [0.3, 0.4) is 0 Å². The van der Waals surface area contributed by atoms with Crippen molar-refractivity contribution in [3.05, 3.63) is 58.1 Å². The highest BCUT2D eigenvalue weighted by Gasteiger charge is 2.30. The van der Waals surface area contributed by atoms with Gasteiger partial charge in [0.2, 0.25) is 0 Å². The molecule has 0 atom stereocenters. The molecule has 0 aliphatic rings. The van der Waals surface area contributed by atoms with Crippen molar-refractivity contribution < 1.29 is 13.2 Å². The molecular weight excluding hydrogens is 284 g/mol. The highest BCUT2D eigenvalue weighted by atomic mass is 35.5. The molecule has 0 amide bonds. The second-order valence-corrected chi connectivity index (χ2v) is 4.46. The lowest BCUT2D eigenvalue weighted by molar-refractivity contribution is -0.137. The molecule has 0 saturated heterocycles. The average Bonchev–Trinajstić information content (AvgIpc) is 2.28. The summed E-state index contributed by atoms with van der Waals surface area (Å²) >= 11 is 11.7. The molecule has 5 heteroatoms. The van der Waals surface area contributed by atoms with E-state index < -0.39 is 11.7 Å². The Hall–Kier alpha value is -1.19. The first-order valence-corrected chi connectivity index (χ1v) is 5.68. The Morgan fingerprint density at radius 2 is 1.72 bits per heavy atom. The molecule has 2 aromatic carbocycles. The second-order valence-electron chi connectivity index (χ2n) is 3.61. The molecule has 2 rings (SSSR count). The Balaban J connectivity index is 2.51. The van der Waals surface area contributed by atoms with Gasteiger partial charge >= 0.3 is 6.18 Å². The fourth-order valence-electron chi connectivity index (χ4n) is 1.52. The normalized spacial score (nSPS) is 11.6. The average molecular weight is 290 g/mol. The maximum Gasteiger partial charge on any atom is 0.417 e. The van der Waals surface area contributed by atoms with Gasteiger partial charge in [0.1, 0.15) is 0 Å². The van der Waals surface area contributed by atoms with Gasteiger partial charge in [0, 0.05) is 15.6 Å². The Labute approximate surface area is 112 Å². The van der Waals surface area contributed by atoms with Gasteiger partial charge in [-0.05, 0) is 29.8 Å². The predicted molar refractivity (Wildman–Crippen MR) is 65.7 cm³/mol. The van der Waals surface area contributed by atoms with Crippen molar-refractivity contribution in [2.45, 2.75) is 6.18 Å². The number of hydrogen-bond acceptors (Lipinski definition) is 0. The molecule has 18 heavy (non-hydrogen) atoms. The van der Waals surface area contributed by atoms with E-state index in [0.717, 1.165) is 6.07 Å². The molecule has 0 aromatic heterocycles. The zero-order chi connectivity index (χ0) is 13.3. The molecule has 93 valence electrons. The van der Waals surface area contributed by atoms with E-state index in [1.54, 1.807) is 12.1 Å². The standard InChI is InChI=1S/C13H6Cl2F3/c14-10-4-5-11(12(15)7-10)8-2-1-3-9(6-8)13(16,17)18/h1-2,4-7H. The van der Waals surface area contributed by atoms with Crippen LogP contribution in [-0.2, 0) is 6.18 Å². The Morgan fingerprint density at radius 1 is 1.00 bits per heavy atom. The zero-order valence-corrected chi connectivity index (χ0v) is 10.4. The Kier molecular flexibility index (Phi) is 3.55. The van der Waals surface area contributed by atoms with Gasteiger partial charge in [-0.15, -0.1) is 0 Å². The lowest BCUT2D eigenvalue weighted by atomic mass is 10.0. The molecule has 0 saturated carbocycles. The third kappa shape index (κ3) is 2.79. The molecule has 1 radical (unpaired) electrons. The summed E-state index contributed by atoms with van der Waals surface area (Å²) in [6.45, 7) is 0. The molecule has 0 N–H and O–H groups in total. The van der Waals surface area contributed by atoms with Crippen LogP contribution >= 0.6 is 23.2 Å². The largest absolute Gasteiger partial charge is 0.417 e. The molecular formula is C13H6Cl2F3. The molecule has 0 spiro atoms. The summed E-state index contributed by atoms with van der Waals surface area (Å²) in [7, 11) is 0. The van der Waals surface area contributed by atoms with Crippen molar-refractivity contribution in [2.24, 2.45) is 0 Å². The SMILES string of the molecule is FC(F)(F)c1[c]ccc(-c2ccc(Cl)cc2Cl)c1. The van der Waals surface area contributed by atoms with E-state index in [9.17, 15) is 13.2 Å². The highest BCUT2D eigenvalue weighted by molar-refractivity contribution is 6.36. The van der Waals surface area contributed by atoms with Crippen LogP contribution in [0, 0.1) is 6.07 Å². The molecule has 0 aliphatic carbocycles. The van der Waals surface area contributed by atoms with Crippen molar-refractivity contribution in [1.29, 1.82) is 0 Å². The van der Waals surface area contributed by atoms with Crippen LogP contribution < -0.4 is 0 Å². The van der Waals surface area contributed by atoms with Gasteiger partial charge in [-0.3, -0.25) is 0 Å². The minimum absolute atomic E-state index is 0.307. The summed E-state index contributed by atoms with van der Waals surface area (Å²) in [6, 6.07) is 10.6. The minimum Gasteiger partial charge on any atom is -0.166 e. The van der Waals surface area contributed by atoms with Gasteiger partial charge < -0.3 is 0 Å². The number of alkyl halides is 3. The van der Waals surface area contributed by atoms with E-state index in [4.69, 9.17) is 23.2 Å². The van der Waals surface area contributed by atoms with E-state index in [1.165, 1.54) is 18.2 Å². The number of benzene rings is 2. The predicted octanol–water partition coefficient (Wildman–Crippen LogP) is 5.48. The van der Waals surface area contributed by atoms with E-state index in [-0.39, 0.29) is 0 Å². The van der Waals surface area contributed by atoms with Crippen LogP contribution in [0.5, 0.6) is 0 Å². The topological polar surface area (TPSA) is 0 Å². The third-order valence-electron chi connectivity index (χ3n) is 2.35. The highest BCUT2D eigenvalue weighted by Crippen LogP contribution is 2.34. The number of hydrogen-bond donors (Lipinski definition) is 0. The lowest BCUT2D eigenvalue weighted by Gasteiger charge is -2.09. The molecule has 0 unspecified atom stereocenters.